The van der Waals surface area contributed by atoms with E-state index in [4.69, 9.17) is 9.47 Å². The largest absolute Gasteiger partial charge is 0.381 e. The van der Waals surface area contributed by atoms with Gasteiger partial charge in [0.15, 0.2) is 5.82 Å². The molecule has 1 unspecified atom stereocenters. The second-order valence-electron chi connectivity index (χ2n) is 6.12. The zero-order valence-corrected chi connectivity index (χ0v) is 14.2. The molecule has 1 N–H and O–H groups in total. The van der Waals surface area contributed by atoms with Crippen LogP contribution >= 0.6 is 0 Å². The molecule has 132 valence electrons. The molecule has 2 aliphatic rings. The molecule has 2 saturated heterocycles. The van der Waals surface area contributed by atoms with E-state index in [0.717, 1.165) is 19.5 Å². The summed E-state index contributed by atoms with van der Waals surface area (Å²) >= 11 is 0. The Morgan fingerprint density at radius 3 is 2.67 bits per heavy atom. The number of carbonyl (C=O) groups excluding carboxylic acids is 1. The average molecular weight is 336 g/mol. The molecule has 0 bridgehead atoms. The summed E-state index contributed by atoms with van der Waals surface area (Å²) in [7, 11) is 3.77. The molecule has 0 saturated carbocycles. The monoisotopic (exact) mass is 336 g/mol. The molecule has 0 aliphatic carbocycles. The molecule has 0 radical (unpaired) electrons. The summed E-state index contributed by atoms with van der Waals surface area (Å²) in [5.74, 6) is 1.69. The van der Waals surface area contributed by atoms with Crippen molar-refractivity contribution in [3.63, 3.8) is 0 Å². The van der Waals surface area contributed by atoms with Gasteiger partial charge in [-0.05, 0) is 6.42 Å². The molecule has 24 heavy (non-hydrogen) atoms. The fourth-order valence-electron chi connectivity index (χ4n) is 2.63. The molecule has 0 aromatic carbocycles. The average Bonchev–Trinajstić information content (AvgIpc) is 3.15. The van der Waals surface area contributed by atoms with E-state index >= 15 is 0 Å². The molecule has 3 heterocycles. The van der Waals surface area contributed by atoms with E-state index in [1.807, 2.05) is 19.0 Å². The number of carbonyl (C=O) groups is 1. The number of nitrogens with one attached hydrogen (secondary N) is 1. The Morgan fingerprint density at radius 2 is 2.00 bits per heavy atom. The topological polar surface area (TPSA) is 92.7 Å². The number of ether oxygens (including phenoxy) is 2. The molecule has 1 aromatic rings. The van der Waals surface area contributed by atoms with E-state index in [9.17, 15) is 4.79 Å². The van der Waals surface area contributed by atoms with Crippen LogP contribution in [0, 0.1) is 5.92 Å². The second kappa shape index (κ2) is 7.71. The van der Waals surface area contributed by atoms with Gasteiger partial charge in [0.25, 0.3) is 0 Å². The van der Waals surface area contributed by atoms with E-state index in [1.54, 1.807) is 0 Å². The van der Waals surface area contributed by atoms with E-state index in [2.05, 4.69) is 25.2 Å². The fraction of sp³-hybridized carbons (Fsp3) is 0.733. The lowest BCUT2D eigenvalue weighted by Gasteiger charge is -2.27. The molecule has 1 amide bonds. The predicted octanol–water partition coefficient (Wildman–Crippen LogP) is -0.573. The maximum absolute atomic E-state index is 12.1. The van der Waals surface area contributed by atoms with Crippen molar-refractivity contribution < 1.29 is 14.3 Å². The molecule has 9 heteroatoms. The number of hydrogen-bond acceptors (Lipinski definition) is 8. The zero-order valence-electron chi connectivity index (χ0n) is 14.2. The highest BCUT2D eigenvalue weighted by molar-refractivity contribution is 5.78. The highest BCUT2D eigenvalue weighted by Crippen LogP contribution is 2.15. The van der Waals surface area contributed by atoms with Gasteiger partial charge in [0, 0.05) is 33.8 Å². The Kier molecular flexibility index (Phi) is 5.41. The van der Waals surface area contributed by atoms with Crippen molar-refractivity contribution in [2.24, 2.45) is 5.92 Å². The number of rotatable bonds is 5. The minimum absolute atomic E-state index is 0.00719. The van der Waals surface area contributed by atoms with Crippen molar-refractivity contribution in [1.82, 2.24) is 20.3 Å². The first kappa shape index (κ1) is 16.8. The smallest absolute Gasteiger partial charge is 0.230 e. The highest BCUT2D eigenvalue weighted by Gasteiger charge is 2.24. The van der Waals surface area contributed by atoms with Gasteiger partial charge in [-0.1, -0.05) is 0 Å². The van der Waals surface area contributed by atoms with E-state index in [0.29, 0.717) is 44.1 Å². The normalized spacial score (nSPS) is 20.9. The summed E-state index contributed by atoms with van der Waals surface area (Å²) < 4.78 is 10.6. The van der Waals surface area contributed by atoms with Gasteiger partial charge < -0.3 is 24.6 Å². The lowest BCUT2D eigenvalue weighted by Crippen LogP contribution is -2.38. The molecule has 1 atom stereocenters. The SMILES string of the molecule is CN(C)c1nc(CNC(=O)C2CCOC2)nc(N2CCOCC2)n1. The first-order valence-electron chi connectivity index (χ1n) is 8.24. The van der Waals surface area contributed by atoms with Gasteiger partial charge in [-0.25, -0.2) is 0 Å². The highest BCUT2D eigenvalue weighted by atomic mass is 16.5. The van der Waals surface area contributed by atoms with Crippen LogP contribution in [0.1, 0.15) is 12.2 Å². The summed E-state index contributed by atoms with van der Waals surface area (Å²) in [5.41, 5.74) is 0. The van der Waals surface area contributed by atoms with E-state index in [1.165, 1.54) is 0 Å². The van der Waals surface area contributed by atoms with Crippen LogP contribution < -0.4 is 15.1 Å². The Bertz CT molecular complexity index is 570. The molecule has 1 aromatic heterocycles. The van der Waals surface area contributed by atoms with Crippen molar-refractivity contribution in [2.75, 3.05) is 63.4 Å². The van der Waals surface area contributed by atoms with Crippen LogP contribution in [0.25, 0.3) is 0 Å². The number of hydrogen-bond donors (Lipinski definition) is 1. The first-order chi connectivity index (χ1) is 11.6. The summed E-state index contributed by atoms with van der Waals surface area (Å²) in [6.07, 6.45) is 0.769. The fourth-order valence-corrected chi connectivity index (χ4v) is 2.63. The van der Waals surface area contributed by atoms with Crippen LogP contribution in [0.4, 0.5) is 11.9 Å². The molecule has 2 aliphatic heterocycles. The maximum Gasteiger partial charge on any atom is 0.230 e. The third kappa shape index (κ3) is 4.09. The third-order valence-electron chi connectivity index (χ3n) is 4.07. The van der Waals surface area contributed by atoms with Crippen LogP contribution in [0.3, 0.4) is 0 Å². The van der Waals surface area contributed by atoms with Crippen molar-refractivity contribution in [3.8, 4) is 0 Å². The Labute approximate surface area is 141 Å². The first-order valence-corrected chi connectivity index (χ1v) is 8.24. The van der Waals surface area contributed by atoms with Gasteiger partial charge in [-0.2, -0.15) is 15.0 Å². The lowest BCUT2D eigenvalue weighted by molar-refractivity contribution is -0.125. The van der Waals surface area contributed by atoms with Gasteiger partial charge in [-0.3, -0.25) is 4.79 Å². The summed E-state index contributed by atoms with van der Waals surface area (Å²) in [5, 5.41) is 2.90. The van der Waals surface area contributed by atoms with Gasteiger partial charge in [-0.15, -0.1) is 0 Å². The minimum Gasteiger partial charge on any atom is -0.381 e. The zero-order chi connectivity index (χ0) is 16.9. The van der Waals surface area contributed by atoms with Crippen LogP contribution in [-0.4, -0.2) is 74.5 Å². The van der Waals surface area contributed by atoms with Gasteiger partial charge in [0.2, 0.25) is 17.8 Å². The van der Waals surface area contributed by atoms with Crippen LogP contribution in [-0.2, 0) is 20.8 Å². The number of morpholine rings is 1. The van der Waals surface area contributed by atoms with Crippen LogP contribution in [0.2, 0.25) is 0 Å². The standard InChI is InChI=1S/C15H24N6O3/c1-20(2)14-17-12(9-16-13(22)11-3-6-24-10-11)18-15(19-14)21-4-7-23-8-5-21/h11H,3-10H2,1-2H3,(H,16,22). The third-order valence-corrected chi connectivity index (χ3v) is 4.07. The number of anilines is 2. The van der Waals surface area contributed by atoms with Gasteiger partial charge in [0.05, 0.1) is 32.3 Å². The maximum atomic E-state index is 12.1. The molecule has 0 spiro atoms. The molecule has 2 fully saturated rings. The van der Waals surface area contributed by atoms with Crippen molar-refractivity contribution in [3.05, 3.63) is 5.82 Å². The predicted molar refractivity (Wildman–Crippen MR) is 88.0 cm³/mol. The van der Waals surface area contributed by atoms with Gasteiger partial charge >= 0.3 is 0 Å². The van der Waals surface area contributed by atoms with Crippen LogP contribution in [0.15, 0.2) is 0 Å². The van der Waals surface area contributed by atoms with Crippen molar-refractivity contribution >= 4 is 17.8 Å². The molecular weight excluding hydrogens is 312 g/mol. The van der Waals surface area contributed by atoms with E-state index < -0.39 is 0 Å². The molecule has 3 rings (SSSR count). The Balaban J connectivity index is 1.70. The van der Waals surface area contributed by atoms with Gasteiger partial charge in [0.1, 0.15) is 0 Å². The lowest BCUT2D eigenvalue weighted by atomic mass is 10.1. The van der Waals surface area contributed by atoms with Crippen molar-refractivity contribution in [2.45, 2.75) is 13.0 Å². The number of amides is 1. The number of aromatic nitrogens is 3. The number of nitrogens with zero attached hydrogens (tertiary/aromatic N) is 5. The Hall–Kier alpha value is -2.00. The minimum atomic E-state index is -0.0705. The van der Waals surface area contributed by atoms with E-state index in [-0.39, 0.29) is 18.4 Å². The molecule has 9 nitrogen and oxygen atoms in total. The Morgan fingerprint density at radius 1 is 1.21 bits per heavy atom. The summed E-state index contributed by atoms with van der Waals surface area (Å²) in [6, 6.07) is 0. The van der Waals surface area contributed by atoms with Crippen molar-refractivity contribution in [1.29, 1.82) is 0 Å². The summed E-state index contributed by atoms with van der Waals surface area (Å²) in [4.78, 5) is 29.5. The molecular formula is C15H24N6O3. The quantitative estimate of drug-likeness (QED) is 0.764. The second-order valence-corrected chi connectivity index (χ2v) is 6.12. The van der Waals surface area contributed by atoms with Crippen LogP contribution in [0.5, 0.6) is 0 Å². The summed E-state index contributed by atoms with van der Waals surface area (Å²) in [6.45, 7) is 4.26.